The normalized spacial score (nSPS) is 10.7. The molecule has 8 heteroatoms. The van der Waals surface area contributed by atoms with E-state index in [2.05, 4.69) is 5.10 Å². The van der Waals surface area contributed by atoms with E-state index < -0.39 is 17.1 Å². The van der Waals surface area contributed by atoms with Crippen LogP contribution >= 0.6 is 0 Å². The number of aromatic nitrogens is 4. The number of anilines is 1. The molecule has 18 heavy (non-hydrogen) atoms. The maximum Gasteiger partial charge on any atom is 0.328 e. The van der Waals surface area contributed by atoms with E-state index in [1.807, 2.05) is 4.98 Å². The fourth-order valence-corrected chi connectivity index (χ4v) is 1.55. The molecule has 2 aromatic rings. The molecular weight excluding hydrogens is 241 g/mol. The lowest BCUT2D eigenvalue weighted by atomic mass is 10.4. The van der Waals surface area contributed by atoms with Crippen LogP contribution in [0.25, 0.3) is 0 Å². The first-order chi connectivity index (χ1) is 8.56. The van der Waals surface area contributed by atoms with Crippen LogP contribution in [0.15, 0.2) is 28.0 Å². The van der Waals surface area contributed by atoms with Crippen molar-refractivity contribution in [3.05, 3.63) is 45.1 Å². The second kappa shape index (κ2) is 4.86. The van der Waals surface area contributed by atoms with Crippen LogP contribution in [0.2, 0.25) is 0 Å². The Morgan fingerprint density at radius 2 is 2.17 bits per heavy atom. The van der Waals surface area contributed by atoms with Crippen molar-refractivity contribution in [3.63, 3.8) is 0 Å². The molecular formula is C10H12FN5O2. The third kappa shape index (κ3) is 2.65. The van der Waals surface area contributed by atoms with Gasteiger partial charge in [-0.15, -0.1) is 0 Å². The minimum Gasteiger partial charge on any atom is -0.382 e. The Labute approximate surface area is 101 Å². The Kier molecular flexibility index (Phi) is 3.26. The minimum atomic E-state index is -1.00. The van der Waals surface area contributed by atoms with E-state index in [9.17, 15) is 14.0 Å². The summed E-state index contributed by atoms with van der Waals surface area (Å²) < 4.78 is 15.7. The first-order valence-corrected chi connectivity index (χ1v) is 5.34. The van der Waals surface area contributed by atoms with E-state index in [1.165, 1.54) is 0 Å². The number of hydrogen-bond acceptors (Lipinski definition) is 4. The third-order valence-corrected chi connectivity index (χ3v) is 2.41. The lowest BCUT2D eigenvalue weighted by Gasteiger charge is -2.05. The zero-order valence-electron chi connectivity index (χ0n) is 9.47. The van der Waals surface area contributed by atoms with Crippen molar-refractivity contribution in [2.24, 2.45) is 0 Å². The average molecular weight is 253 g/mol. The number of nitrogen functional groups attached to an aromatic ring is 1. The molecule has 3 N–H and O–H groups in total. The van der Waals surface area contributed by atoms with Crippen molar-refractivity contribution >= 4 is 5.82 Å². The van der Waals surface area contributed by atoms with Gasteiger partial charge >= 0.3 is 5.69 Å². The zero-order valence-corrected chi connectivity index (χ0v) is 9.47. The second-order valence-corrected chi connectivity index (χ2v) is 3.79. The van der Waals surface area contributed by atoms with Crippen molar-refractivity contribution in [1.29, 1.82) is 0 Å². The van der Waals surface area contributed by atoms with Crippen LogP contribution in [0, 0.1) is 5.82 Å². The minimum absolute atomic E-state index is 0.284. The van der Waals surface area contributed by atoms with Crippen LogP contribution in [-0.2, 0) is 13.1 Å². The summed E-state index contributed by atoms with van der Waals surface area (Å²) in [5.41, 5.74) is 3.82. The lowest BCUT2D eigenvalue weighted by Crippen LogP contribution is -2.31. The Balaban J connectivity index is 2.00. The Morgan fingerprint density at radius 3 is 2.83 bits per heavy atom. The Morgan fingerprint density at radius 1 is 1.39 bits per heavy atom. The summed E-state index contributed by atoms with van der Waals surface area (Å²) in [6, 6.07) is 1.66. The summed E-state index contributed by atoms with van der Waals surface area (Å²) in [6.07, 6.45) is 3.18. The van der Waals surface area contributed by atoms with Crippen LogP contribution in [0.5, 0.6) is 0 Å². The average Bonchev–Trinajstić information content (AvgIpc) is 2.71. The number of nitrogens with two attached hydrogens (primary N) is 1. The van der Waals surface area contributed by atoms with Crippen LogP contribution in [-0.4, -0.2) is 19.3 Å². The zero-order chi connectivity index (χ0) is 13.1. The molecule has 0 aliphatic heterocycles. The summed E-state index contributed by atoms with van der Waals surface area (Å²) in [5, 5.41) is 3.97. The predicted molar refractivity (Wildman–Crippen MR) is 62.5 cm³/mol. The quantitative estimate of drug-likeness (QED) is 0.770. The molecule has 0 unspecified atom stereocenters. The number of aromatic amines is 1. The van der Waals surface area contributed by atoms with E-state index in [4.69, 9.17) is 5.73 Å². The molecule has 0 atom stereocenters. The molecule has 0 fully saturated rings. The highest BCUT2D eigenvalue weighted by molar-refractivity contribution is 5.23. The SMILES string of the molecule is Nc1ccn(CCCn2cc(F)c(=O)[nH]c2=O)n1. The second-order valence-electron chi connectivity index (χ2n) is 3.79. The largest absolute Gasteiger partial charge is 0.382 e. The smallest absolute Gasteiger partial charge is 0.328 e. The van der Waals surface area contributed by atoms with Crippen LogP contribution in [0.3, 0.4) is 0 Å². The fourth-order valence-electron chi connectivity index (χ4n) is 1.55. The summed E-state index contributed by atoms with van der Waals surface area (Å²) >= 11 is 0. The highest BCUT2D eigenvalue weighted by Gasteiger charge is 2.03. The summed E-state index contributed by atoms with van der Waals surface area (Å²) in [7, 11) is 0. The maximum atomic E-state index is 13.0. The van der Waals surface area contributed by atoms with Gasteiger partial charge in [0, 0.05) is 19.3 Å². The van der Waals surface area contributed by atoms with Gasteiger partial charge in [0.05, 0.1) is 6.20 Å². The Bertz CT molecular complexity index is 657. The molecule has 0 spiro atoms. The number of nitrogens with one attached hydrogen (secondary N) is 1. The molecule has 0 amide bonds. The molecule has 0 aromatic carbocycles. The van der Waals surface area contributed by atoms with Crippen molar-refractivity contribution in [3.8, 4) is 0 Å². The van der Waals surface area contributed by atoms with E-state index in [0.717, 1.165) is 10.8 Å². The van der Waals surface area contributed by atoms with E-state index in [-0.39, 0.29) is 6.54 Å². The summed E-state index contributed by atoms with van der Waals surface area (Å²) in [5.74, 6) is -0.555. The molecule has 96 valence electrons. The van der Waals surface area contributed by atoms with E-state index in [1.54, 1.807) is 16.9 Å². The molecule has 0 aliphatic carbocycles. The molecule has 0 radical (unpaired) electrons. The molecule has 0 aliphatic rings. The molecule has 2 rings (SSSR count). The first-order valence-electron chi connectivity index (χ1n) is 5.34. The molecule has 0 bridgehead atoms. The maximum absolute atomic E-state index is 13.0. The number of nitrogens with zero attached hydrogens (tertiary/aromatic N) is 3. The highest BCUT2D eigenvalue weighted by atomic mass is 19.1. The number of H-pyrrole nitrogens is 1. The van der Waals surface area contributed by atoms with Crippen molar-refractivity contribution in [1.82, 2.24) is 19.3 Å². The fraction of sp³-hybridized carbons (Fsp3) is 0.300. The monoisotopic (exact) mass is 253 g/mol. The van der Waals surface area contributed by atoms with Gasteiger partial charge in [-0.25, -0.2) is 4.79 Å². The molecule has 7 nitrogen and oxygen atoms in total. The van der Waals surface area contributed by atoms with Crippen molar-refractivity contribution < 1.29 is 4.39 Å². The standard InChI is InChI=1S/C10H12FN5O2/c11-7-6-15(10(18)13-9(7)17)3-1-4-16-5-2-8(12)14-16/h2,5-6H,1,3-4H2,(H2,12,14)(H,13,17,18). The number of rotatable bonds is 4. The first kappa shape index (κ1) is 12.1. The summed E-state index contributed by atoms with van der Waals surface area (Å²) in [6.45, 7) is 0.830. The molecule has 0 saturated carbocycles. The van der Waals surface area contributed by atoms with Gasteiger partial charge in [0.15, 0.2) is 0 Å². The van der Waals surface area contributed by atoms with E-state index >= 15 is 0 Å². The topological polar surface area (TPSA) is 98.7 Å². The van der Waals surface area contributed by atoms with Crippen LogP contribution in [0.4, 0.5) is 10.2 Å². The van der Waals surface area contributed by atoms with Crippen LogP contribution < -0.4 is 17.0 Å². The third-order valence-electron chi connectivity index (χ3n) is 2.41. The van der Waals surface area contributed by atoms with Gasteiger partial charge in [-0.2, -0.15) is 9.49 Å². The highest BCUT2D eigenvalue weighted by Crippen LogP contribution is 1.98. The predicted octanol–water partition coefficient (Wildman–Crippen LogP) is -0.455. The molecule has 2 heterocycles. The van der Waals surface area contributed by atoms with Gasteiger partial charge in [-0.05, 0) is 12.5 Å². The molecule has 0 saturated heterocycles. The number of aryl methyl sites for hydroxylation is 2. The summed E-state index contributed by atoms with van der Waals surface area (Å²) in [4.78, 5) is 24.0. The lowest BCUT2D eigenvalue weighted by molar-refractivity contribution is 0.495. The number of hydrogen-bond donors (Lipinski definition) is 2. The van der Waals surface area contributed by atoms with Crippen molar-refractivity contribution in [2.45, 2.75) is 19.5 Å². The van der Waals surface area contributed by atoms with Crippen molar-refractivity contribution in [2.75, 3.05) is 5.73 Å². The molecule has 2 aromatic heterocycles. The van der Waals surface area contributed by atoms with Gasteiger partial charge in [0.25, 0.3) is 5.56 Å². The van der Waals surface area contributed by atoms with E-state index in [0.29, 0.717) is 18.8 Å². The van der Waals surface area contributed by atoms with Gasteiger partial charge in [0.2, 0.25) is 5.82 Å². The van der Waals surface area contributed by atoms with Crippen LogP contribution in [0.1, 0.15) is 6.42 Å². The van der Waals surface area contributed by atoms with Gasteiger partial charge in [-0.3, -0.25) is 19.0 Å². The Hall–Kier alpha value is -2.38. The number of halogens is 1. The van der Waals surface area contributed by atoms with Gasteiger partial charge in [-0.1, -0.05) is 0 Å². The van der Waals surface area contributed by atoms with Gasteiger partial charge in [0.1, 0.15) is 5.82 Å². The van der Waals surface area contributed by atoms with Gasteiger partial charge < -0.3 is 5.73 Å².